The summed E-state index contributed by atoms with van der Waals surface area (Å²) in [4.78, 5) is 16.8. The molecular formula is C15H30N4O. The van der Waals surface area contributed by atoms with Crippen LogP contribution in [0.5, 0.6) is 0 Å². The third kappa shape index (κ3) is 5.38. The Morgan fingerprint density at radius 2 is 1.70 bits per heavy atom. The molecule has 1 amide bonds. The van der Waals surface area contributed by atoms with Gasteiger partial charge in [0.05, 0.1) is 6.54 Å². The first-order valence-electron chi connectivity index (χ1n) is 8.22. The molecule has 0 radical (unpaired) electrons. The molecule has 2 aliphatic rings. The van der Waals surface area contributed by atoms with Crippen molar-refractivity contribution in [3.63, 3.8) is 0 Å². The lowest BCUT2D eigenvalue weighted by Gasteiger charge is -2.34. The second kappa shape index (κ2) is 8.60. The molecule has 0 aromatic carbocycles. The number of amides is 1. The van der Waals surface area contributed by atoms with Crippen LogP contribution < -0.4 is 11.1 Å². The van der Waals surface area contributed by atoms with Gasteiger partial charge < -0.3 is 16.0 Å². The van der Waals surface area contributed by atoms with E-state index in [0.29, 0.717) is 12.6 Å². The molecule has 2 rings (SSSR count). The third-order valence-electron chi connectivity index (χ3n) is 4.48. The SMILES string of the molecule is NCCCN1CCN(CC(=O)NC2CCCCC2)CC1. The second-order valence-corrected chi connectivity index (χ2v) is 6.16. The molecule has 20 heavy (non-hydrogen) atoms. The normalized spacial score (nSPS) is 22.9. The highest BCUT2D eigenvalue weighted by molar-refractivity contribution is 5.78. The summed E-state index contributed by atoms with van der Waals surface area (Å²) in [6, 6.07) is 0.432. The standard InChI is InChI=1S/C15H30N4O/c16-7-4-8-18-9-11-19(12-10-18)13-15(20)17-14-5-2-1-3-6-14/h14H,1-13,16H2,(H,17,20). The third-order valence-corrected chi connectivity index (χ3v) is 4.48. The fraction of sp³-hybridized carbons (Fsp3) is 0.933. The maximum absolute atomic E-state index is 12.1. The summed E-state index contributed by atoms with van der Waals surface area (Å²) in [7, 11) is 0. The Balaban J connectivity index is 1.60. The van der Waals surface area contributed by atoms with E-state index in [9.17, 15) is 4.79 Å². The van der Waals surface area contributed by atoms with Crippen molar-refractivity contribution < 1.29 is 4.79 Å². The maximum atomic E-state index is 12.1. The molecule has 5 nitrogen and oxygen atoms in total. The first kappa shape index (κ1) is 15.7. The molecule has 1 saturated carbocycles. The second-order valence-electron chi connectivity index (χ2n) is 6.16. The summed E-state index contributed by atoms with van der Waals surface area (Å²) in [5.74, 6) is 0.215. The van der Waals surface area contributed by atoms with Crippen LogP contribution in [0.1, 0.15) is 38.5 Å². The van der Waals surface area contributed by atoms with Crippen LogP contribution in [-0.4, -0.2) is 67.6 Å². The van der Waals surface area contributed by atoms with Crippen molar-refractivity contribution in [3.8, 4) is 0 Å². The van der Waals surface area contributed by atoms with Gasteiger partial charge in [-0.05, 0) is 32.4 Å². The van der Waals surface area contributed by atoms with Crippen molar-refractivity contribution >= 4 is 5.91 Å². The molecule has 1 aliphatic carbocycles. The lowest BCUT2D eigenvalue weighted by Crippen LogP contribution is -2.50. The molecule has 0 atom stereocenters. The summed E-state index contributed by atoms with van der Waals surface area (Å²) in [5, 5.41) is 3.20. The minimum Gasteiger partial charge on any atom is -0.352 e. The lowest BCUT2D eigenvalue weighted by atomic mass is 9.95. The van der Waals surface area contributed by atoms with Crippen molar-refractivity contribution in [2.75, 3.05) is 45.8 Å². The largest absolute Gasteiger partial charge is 0.352 e. The quantitative estimate of drug-likeness (QED) is 0.740. The van der Waals surface area contributed by atoms with Gasteiger partial charge in [-0.3, -0.25) is 9.69 Å². The molecular weight excluding hydrogens is 252 g/mol. The zero-order valence-electron chi connectivity index (χ0n) is 12.6. The van der Waals surface area contributed by atoms with Crippen LogP contribution in [0, 0.1) is 0 Å². The topological polar surface area (TPSA) is 61.6 Å². The number of carbonyl (C=O) groups excluding carboxylic acids is 1. The summed E-state index contributed by atoms with van der Waals surface area (Å²) in [6.45, 7) is 6.57. The summed E-state index contributed by atoms with van der Waals surface area (Å²) in [6.07, 6.45) is 7.27. The molecule has 0 aromatic rings. The minimum absolute atomic E-state index is 0.215. The zero-order valence-corrected chi connectivity index (χ0v) is 12.6. The Morgan fingerprint density at radius 1 is 1.05 bits per heavy atom. The number of nitrogens with zero attached hydrogens (tertiary/aromatic N) is 2. The van der Waals surface area contributed by atoms with Gasteiger partial charge in [-0.15, -0.1) is 0 Å². The molecule has 0 unspecified atom stereocenters. The van der Waals surface area contributed by atoms with Gasteiger partial charge >= 0.3 is 0 Å². The van der Waals surface area contributed by atoms with Crippen molar-refractivity contribution in [2.24, 2.45) is 5.73 Å². The fourth-order valence-electron chi connectivity index (χ4n) is 3.21. The van der Waals surface area contributed by atoms with Gasteiger partial charge in [0.1, 0.15) is 0 Å². The predicted octanol–water partition coefficient (Wildman–Crippen LogP) is 0.402. The van der Waals surface area contributed by atoms with Gasteiger partial charge in [-0.2, -0.15) is 0 Å². The number of hydrogen-bond acceptors (Lipinski definition) is 4. The van der Waals surface area contributed by atoms with Crippen molar-refractivity contribution in [2.45, 2.75) is 44.6 Å². The van der Waals surface area contributed by atoms with Crippen molar-refractivity contribution in [1.29, 1.82) is 0 Å². The van der Waals surface area contributed by atoms with Gasteiger partial charge in [-0.1, -0.05) is 19.3 Å². The van der Waals surface area contributed by atoms with Crippen LogP contribution in [0.2, 0.25) is 0 Å². The van der Waals surface area contributed by atoms with Crippen LogP contribution in [0.15, 0.2) is 0 Å². The average Bonchev–Trinajstić information content (AvgIpc) is 2.47. The molecule has 0 bridgehead atoms. The van der Waals surface area contributed by atoms with Gasteiger partial charge in [-0.25, -0.2) is 0 Å². The van der Waals surface area contributed by atoms with E-state index in [1.54, 1.807) is 0 Å². The highest BCUT2D eigenvalue weighted by Gasteiger charge is 2.20. The molecule has 1 heterocycles. The van der Waals surface area contributed by atoms with Crippen molar-refractivity contribution in [1.82, 2.24) is 15.1 Å². The van der Waals surface area contributed by atoms with Crippen LogP contribution in [0.4, 0.5) is 0 Å². The maximum Gasteiger partial charge on any atom is 0.234 e. The molecule has 2 fully saturated rings. The Bertz CT molecular complexity index is 284. The van der Waals surface area contributed by atoms with E-state index in [1.807, 2.05) is 0 Å². The smallest absolute Gasteiger partial charge is 0.234 e. The first-order chi connectivity index (χ1) is 9.78. The van der Waals surface area contributed by atoms with Gasteiger partial charge in [0.2, 0.25) is 5.91 Å². The molecule has 116 valence electrons. The van der Waals surface area contributed by atoms with Gasteiger partial charge in [0.25, 0.3) is 0 Å². The molecule has 1 saturated heterocycles. The molecule has 0 spiro atoms. The van der Waals surface area contributed by atoms with Crippen molar-refractivity contribution in [3.05, 3.63) is 0 Å². The number of nitrogens with two attached hydrogens (primary N) is 1. The van der Waals surface area contributed by atoms with E-state index in [1.165, 1.54) is 32.1 Å². The predicted molar refractivity (Wildman–Crippen MR) is 81.6 cm³/mol. The lowest BCUT2D eigenvalue weighted by molar-refractivity contribution is -0.123. The molecule has 3 N–H and O–H groups in total. The average molecular weight is 282 g/mol. The van der Waals surface area contributed by atoms with Gasteiger partial charge in [0.15, 0.2) is 0 Å². The van der Waals surface area contributed by atoms with E-state index < -0.39 is 0 Å². The van der Waals surface area contributed by atoms with E-state index in [-0.39, 0.29) is 5.91 Å². The van der Waals surface area contributed by atoms with E-state index in [2.05, 4.69) is 15.1 Å². The highest BCUT2D eigenvalue weighted by atomic mass is 16.2. The first-order valence-corrected chi connectivity index (χ1v) is 8.22. The Labute approximate surface area is 122 Å². The number of piperazine rings is 1. The molecule has 1 aliphatic heterocycles. The van der Waals surface area contributed by atoms with Gasteiger partial charge in [0, 0.05) is 32.2 Å². The van der Waals surface area contributed by atoms with Crippen LogP contribution in [0.3, 0.4) is 0 Å². The highest BCUT2D eigenvalue weighted by Crippen LogP contribution is 2.17. The number of nitrogens with one attached hydrogen (secondary N) is 1. The monoisotopic (exact) mass is 282 g/mol. The number of rotatable bonds is 6. The summed E-state index contributed by atoms with van der Waals surface area (Å²) in [5.41, 5.74) is 5.54. The summed E-state index contributed by atoms with van der Waals surface area (Å²) < 4.78 is 0. The van der Waals surface area contributed by atoms with E-state index >= 15 is 0 Å². The van der Waals surface area contributed by atoms with Crippen LogP contribution in [-0.2, 0) is 4.79 Å². The van der Waals surface area contributed by atoms with Crippen LogP contribution in [0.25, 0.3) is 0 Å². The molecule has 0 aromatic heterocycles. The zero-order chi connectivity index (χ0) is 14.2. The Hall–Kier alpha value is -0.650. The Kier molecular flexibility index (Phi) is 6.76. The van der Waals surface area contributed by atoms with E-state index in [4.69, 9.17) is 5.73 Å². The van der Waals surface area contributed by atoms with Crippen LogP contribution >= 0.6 is 0 Å². The minimum atomic E-state index is 0.215. The number of carbonyl (C=O) groups is 1. The Morgan fingerprint density at radius 3 is 2.35 bits per heavy atom. The summed E-state index contributed by atoms with van der Waals surface area (Å²) >= 11 is 0. The molecule has 5 heteroatoms. The number of hydrogen-bond donors (Lipinski definition) is 2. The van der Waals surface area contributed by atoms with E-state index in [0.717, 1.165) is 45.7 Å². The fourth-order valence-corrected chi connectivity index (χ4v) is 3.21.